The Kier molecular flexibility index (Phi) is 9.10. The number of nitrogens with one attached hydrogen (secondary N) is 1. The Labute approximate surface area is 209 Å². The van der Waals surface area contributed by atoms with Gasteiger partial charge in [0.25, 0.3) is 0 Å². The van der Waals surface area contributed by atoms with Crippen molar-refractivity contribution in [3.63, 3.8) is 0 Å². The van der Waals surface area contributed by atoms with E-state index >= 15 is 0 Å². The molecule has 0 radical (unpaired) electrons. The number of rotatable bonds is 11. The number of hydrogen-bond donors (Lipinski definition) is 1. The Balaban J connectivity index is 1.85. The van der Waals surface area contributed by atoms with Gasteiger partial charge in [-0.3, -0.25) is 9.59 Å². The lowest BCUT2D eigenvalue weighted by Crippen LogP contribution is -2.31. The van der Waals surface area contributed by atoms with Crippen LogP contribution >= 0.6 is 0 Å². The van der Waals surface area contributed by atoms with Crippen LogP contribution in [-0.4, -0.2) is 40.3 Å². The summed E-state index contributed by atoms with van der Waals surface area (Å²) in [7, 11) is 6.06. The van der Waals surface area contributed by atoms with Crippen molar-refractivity contribution < 1.29 is 32.9 Å². The van der Waals surface area contributed by atoms with Crippen molar-refractivity contribution in [2.24, 2.45) is 0 Å². The van der Waals surface area contributed by atoms with Crippen LogP contribution in [0.15, 0.2) is 60.7 Å². The third kappa shape index (κ3) is 6.65. The van der Waals surface area contributed by atoms with Crippen LogP contribution in [0.1, 0.15) is 18.4 Å². The predicted octanol–water partition coefficient (Wildman–Crippen LogP) is 4.81. The van der Waals surface area contributed by atoms with Gasteiger partial charge in [0.05, 0.1) is 40.7 Å². The third-order valence-electron chi connectivity index (χ3n) is 5.44. The molecule has 190 valence electrons. The number of halogens is 1. The summed E-state index contributed by atoms with van der Waals surface area (Å²) in [6, 6.07) is 16.2. The second kappa shape index (κ2) is 12.4. The summed E-state index contributed by atoms with van der Waals surface area (Å²) in [5, 5.41) is 2.61. The van der Waals surface area contributed by atoms with Crippen LogP contribution in [0, 0.1) is 5.82 Å². The van der Waals surface area contributed by atoms with Gasteiger partial charge in [-0.15, -0.1) is 0 Å². The summed E-state index contributed by atoms with van der Waals surface area (Å²) in [5.41, 5.74) is 1.69. The topological polar surface area (TPSA) is 86.3 Å². The third-order valence-corrected chi connectivity index (χ3v) is 5.44. The number of nitrogens with zero attached hydrogens (tertiary/aromatic N) is 1. The fourth-order valence-electron chi connectivity index (χ4n) is 3.61. The molecule has 0 spiro atoms. The molecule has 9 heteroatoms. The molecule has 0 aliphatic heterocycles. The minimum atomic E-state index is -0.461. The highest BCUT2D eigenvalue weighted by Gasteiger charge is 2.22. The van der Waals surface area contributed by atoms with E-state index in [0.29, 0.717) is 34.4 Å². The first kappa shape index (κ1) is 26.3. The standard InChI is InChI=1S/C27H29FN2O6/c1-33-22-10-8-18(9-11-22)17-30(21-15-23(34-2)27(36-4)24(16-21)35-3)26(32)13-12-25(31)29-20-7-5-6-19(28)14-20/h5-11,14-16H,12-13,17H2,1-4H3,(H,29,31). The Bertz CT molecular complexity index is 1170. The van der Waals surface area contributed by atoms with Gasteiger partial charge in [0.2, 0.25) is 17.6 Å². The van der Waals surface area contributed by atoms with Gasteiger partial charge in [0.15, 0.2) is 11.5 Å². The summed E-state index contributed by atoms with van der Waals surface area (Å²) in [4.78, 5) is 27.4. The predicted molar refractivity (Wildman–Crippen MR) is 135 cm³/mol. The fourth-order valence-corrected chi connectivity index (χ4v) is 3.61. The molecule has 36 heavy (non-hydrogen) atoms. The van der Waals surface area contributed by atoms with Crippen molar-refractivity contribution in [2.75, 3.05) is 38.7 Å². The van der Waals surface area contributed by atoms with Crippen LogP contribution in [0.4, 0.5) is 15.8 Å². The van der Waals surface area contributed by atoms with Crippen molar-refractivity contribution in [3.05, 3.63) is 72.0 Å². The van der Waals surface area contributed by atoms with Crippen molar-refractivity contribution >= 4 is 23.2 Å². The smallest absolute Gasteiger partial charge is 0.227 e. The van der Waals surface area contributed by atoms with E-state index in [1.165, 1.54) is 39.5 Å². The van der Waals surface area contributed by atoms with E-state index in [-0.39, 0.29) is 25.3 Å². The maximum Gasteiger partial charge on any atom is 0.227 e. The normalized spacial score (nSPS) is 10.4. The number of carbonyl (C=O) groups excluding carboxylic acids is 2. The number of hydrogen-bond acceptors (Lipinski definition) is 6. The molecule has 0 saturated heterocycles. The molecule has 0 unspecified atom stereocenters. The molecule has 2 amide bonds. The van der Waals surface area contributed by atoms with Gasteiger partial charge in [0, 0.05) is 30.7 Å². The molecule has 0 atom stereocenters. The maximum absolute atomic E-state index is 13.4. The van der Waals surface area contributed by atoms with Gasteiger partial charge in [-0.2, -0.15) is 0 Å². The van der Waals surface area contributed by atoms with E-state index in [9.17, 15) is 14.0 Å². The number of ether oxygens (including phenoxy) is 4. The van der Waals surface area contributed by atoms with Crippen LogP contribution in [0.5, 0.6) is 23.0 Å². The van der Waals surface area contributed by atoms with E-state index in [0.717, 1.165) is 5.56 Å². The molecule has 3 aromatic rings. The van der Waals surface area contributed by atoms with Gasteiger partial charge in [-0.1, -0.05) is 18.2 Å². The fraction of sp³-hybridized carbons (Fsp3) is 0.259. The monoisotopic (exact) mass is 496 g/mol. The van der Waals surface area contributed by atoms with Gasteiger partial charge in [-0.05, 0) is 35.9 Å². The van der Waals surface area contributed by atoms with E-state index in [1.54, 1.807) is 42.3 Å². The van der Waals surface area contributed by atoms with Crippen molar-refractivity contribution in [1.82, 2.24) is 0 Å². The molecule has 3 rings (SSSR count). The number of anilines is 2. The molecular weight excluding hydrogens is 467 g/mol. The zero-order valence-corrected chi connectivity index (χ0v) is 20.7. The molecule has 3 aromatic carbocycles. The molecule has 1 N–H and O–H groups in total. The molecule has 8 nitrogen and oxygen atoms in total. The SMILES string of the molecule is COc1ccc(CN(C(=O)CCC(=O)Nc2cccc(F)c2)c2cc(OC)c(OC)c(OC)c2)cc1. The van der Waals surface area contributed by atoms with E-state index < -0.39 is 11.7 Å². The summed E-state index contributed by atoms with van der Waals surface area (Å²) < 4.78 is 34.9. The molecule has 0 aliphatic rings. The lowest BCUT2D eigenvalue weighted by atomic mass is 10.1. The number of carbonyl (C=O) groups is 2. The minimum absolute atomic E-state index is 0.0754. The van der Waals surface area contributed by atoms with E-state index in [1.807, 2.05) is 12.1 Å². The molecule has 0 bridgehead atoms. The van der Waals surface area contributed by atoms with E-state index in [2.05, 4.69) is 5.32 Å². The maximum atomic E-state index is 13.4. The van der Waals surface area contributed by atoms with Crippen LogP contribution in [0.25, 0.3) is 0 Å². The van der Waals surface area contributed by atoms with Crippen LogP contribution in [-0.2, 0) is 16.1 Å². The quantitative estimate of drug-likeness (QED) is 0.410. The highest BCUT2D eigenvalue weighted by Crippen LogP contribution is 2.41. The summed E-state index contributed by atoms with van der Waals surface area (Å²) in [5.74, 6) is 0.717. The Morgan fingerprint density at radius 1 is 0.833 bits per heavy atom. The Hall–Kier alpha value is -4.27. The summed E-state index contributed by atoms with van der Waals surface area (Å²) in [6.45, 7) is 0.229. The second-order valence-electron chi connectivity index (χ2n) is 7.77. The number of benzene rings is 3. The zero-order chi connectivity index (χ0) is 26.1. The molecule has 0 heterocycles. The summed E-state index contributed by atoms with van der Waals surface area (Å²) in [6.07, 6.45) is -0.160. The highest BCUT2D eigenvalue weighted by atomic mass is 19.1. The average molecular weight is 497 g/mol. The number of amides is 2. The Morgan fingerprint density at radius 3 is 2.06 bits per heavy atom. The molecular formula is C27H29FN2O6. The first-order valence-electron chi connectivity index (χ1n) is 11.2. The van der Waals surface area contributed by atoms with Gasteiger partial charge >= 0.3 is 0 Å². The molecule has 0 aromatic heterocycles. The first-order chi connectivity index (χ1) is 17.4. The van der Waals surface area contributed by atoms with Crippen LogP contribution < -0.4 is 29.2 Å². The van der Waals surface area contributed by atoms with Gasteiger partial charge in [-0.25, -0.2) is 4.39 Å². The zero-order valence-electron chi connectivity index (χ0n) is 20.7. The van der Waals surface area contributed by atoms with Crippen molar-refractivity contribution in [3.8, 4) is 23.0 Å². The Morgan fingerprint density at radius 2 is 1.50 bits per heavy atom. The minimum Gasteiger partial charge on any atom is -0.497 e. The van der Waals surface area contributed by atoms with E-state index in [4.69, 9.17) is 18.9 Å². The lowest BCUT2D eigenvalue weighted by molar-refractivity contribution is -0.122. The molecule has 0 fully saturated rings. The van der Waals surface area contributed by atoms with Crippen molar-refractivity contribution in [2.45, 2.75) is 19.4 Å². The largest absolute Gasteiger partial charge is 0.497 e. The van der Waals surface area contributed by atoms with Gasteiger partial charge < -0.3 is 29.2 Å². The average Bonchev–Trinajstić information content (AvgIpc) is 2.89. The number of methoxy groups -OCH3 is 4. The van der Waals surface area contributed by atoms with Gasteiger partial charge in [0.1, 0.15) is 11.6 Å². The van der Waals surface area contributed by atoms with Crippen LogP contribution in [0.2, 0.25) is 0 Å². The lowest BCUT2D eigenvalue weighted by Gasteiger charge is -2.25. The first-order valence-corrected chi connectivity index (χ1v) is 11.2. The molecule has 0 aliphatic carbocycles. The van der Waals surface area contributed by atoms with Crippen LogP contribution in [0.3, 0.4) is 0 Å². The summed E-state index contributed by atoms with van der Waals surface area (Å²) >= 11 is 0. The molecule has 0 saturated carbocycles. The second-order valence-corrected chi connectivity index (χ2v) is 7.77. The highest BCUT2D eigenvalue weighted by molar-refractivity contribution is 5.98. The van der Waals surface area contributed by atoms with Crippen molar-refractivity contribution in [1.29, 1.82) is 0 Å².